The number of amides is 3. The Morgan fingerprint density at radius 3 is 2.36 bits per heavy atom. The van der Waals surface area contributed by atoms with Crippen molar-refractivity contribution in [2.75, 3.05) is 39.8 Å². The molecule has 2 unspecified atom stereocenters. The molecule has 0 saturated carbocycles. The number of thiophene rings is 1. The highest BCUT2D eigenvalue weighted by Gasteiger charge is 2.46. The fourth-order valence-corrected chi connectivity index (χ4v) is 5.43. The van der Waals surface area contributed by atoms with Crippen LogP contribution in [0.3, 0.4) is 0 Å². The zero-order chi connectivity index (χ0) is 23.4. The van der Waals surface area contributed by atoms with Crippen molar-refractivity contribution in [3.05, 3.63) is 52.2 Å². The first-order valence-corrected chi connectivity index (χ1v) is 12.5. The third kappa shape index (κ3) is 4.90. The molecule has 2 fully saturated rings. The molecule has 8 heteroatoms. The van der Waals surface area contributed by atoms with Crippen LogP contribution in [0.1, 0.15) is 47.5 Å². The lowest BCUT2D eigenvalue weighted by Crippen LogP contribution is -2.52. The first kappa shape index (κ1) is 23.3. The molecule has 0 radical (unpaired) electrons. The Bertz CT molecular complexity index is 968. The van der Waals surface area contributed by atoms with E-state index in [0.717, 1.165) is 29.0 Å². The van der Waals surface area contributed by atoms with Crippen molar-refractivity contribution in [3.63, 3.8) is 0 Å². The minimum atomic E-state index is -0.415. The highest BCUT2D eigenvalue weighted by molar-refractivity contribution is 7.12. The topological polar surface area (TPSA) is 70.2 Å². The van der Waals surface area contributed by atoms with Crippen LogP contribution in [0, 0.1) is 5.92 Å². The van der Waals surface area contributed by atoms with Crippen LogP contribution in [-0.2, 0) is 9.59 Å². The van der Waals surface area contributed by atoms with Crippen molar-refractivity contribution in [1.82, 2.24) is 14.7 Å². The predicted molar refractivity (Wildman–Crippen MR) is 127 cm³/mol. The Balaban J connectivity index is 1.48. The number of carbonyl (C=O) groups is 3. The minimum Gasteiger partial charge on any atom is -0.497 e. The molecular weight excluding hydrogens is 438 g/mol. The van der Waals surface area contributed by atoms with Crippen LogP contribution in [-0.4, -0.2) is 72.3 Å². The summed E-state index contributed by atoms with van der Waals surface area (Å²) in [4.78, 5) is 45.4. The van der Waals surface area contributed by atoms with Gasteiger partial charge in [-0.2, -0.15) is 0 Å². The van der Waals surface area contributed by atoms with E-state index in [9.17, 15) is 14.4 Å². The van der Waals surface area contributed by atoms with E-state index in [0.29, 0.717) is 32.7 Å². The van der Waals surface area contributed by atoms with Crippen LogP contribution in [0.15, 0.2) is 41.8 Å². The standard InChI is InChI=1S/C25H31N3O4S/c1-3-4-11-28-22(29)17-20(23(28)18-7-9-19(32-2)10-8-18)24(30)26-12-14-27(15-13-26)25(31)21-6-5-16-33-21/h5-10,16,20,23H,3-4,11-15,17H2,1-2H3. The molecule has 2 aliphatic rings. The van der Waals surface area contributed by atoms with Gasteiger partial charge in [-0.3, -0.25) is 14.4 Å². The summed E-state index contributed by atoms with van der Waals surface area (Å²) in [6, 6.07) is 11.1. The Morgan fingerprint density at radius 2 is 1.76 bits per heavy atom. The van der Waals surface area contributed by atoms with Crippen molar-refractivity contribution in [2.45, 2.75) is 32.2 Å². The number of benzene rings is 1. The molecule has 2 aliphatic heterocycles. The second-order valence-electron chi connectivity index (χ2n) is 8.56. The molecule has 33 heavy (non-hydrogen) atoms. The second kappa shape index (κ2) is 10.4. The van der Waals surface area contributed by atoms with Gasteiger partial charge in [0.1, 0.15) is 5.75 Å². The summed E-state index contributed by atoms with van der Waals surface area (Å²) in [7, 11) is 1.62. The molecule has 0 N–H and O–H groups in total. The lowest BCUT2D eigenvalue weighted by molar-refractivity contribution is -0.138. The third-order valence-electron chi connectivity index (χ3n) is 6.57. The lowest BCUT2D eigenvalue weighted by Gasteiger charge is -2.37. The van der Waals surface area contributed by atoms with Crippen LogP contribution < -0.4 is 4.74 Å². The van der Waals surface area contributed by atoms with Crippen LogP contribution in [0.2, 0.25) is 0 Å². The Kier molecular flexibility index (Phi) is 7.33. The molecule has 2 atom stereocenters. The molecule has 0 spiro atoms. The number of unbranched alkanes of at least 4 members (excludes halogenated alkanes) is 1. The monoisotopic (exact) mass is 469 g/mol. The van der Waals surface area contributed by atoms with Gasteiger partial charge >= 0.3 is 0 Å². The van der Waals surface area contributed by atoms with Gasteiger partial charge in [0.15, 0.2) is 0 Å². The largest absolute Gasteiger partial charge is 0.497 e. The van der Waals surface area contributed by atoms with E-state index in [4.69, 9.17) is 4.74 Å². The maximum atomic E-state index is 13.6. The molecule has 176 valence electrons. The van der Waals surface area contributed by atoms with E-state index in [1.165, 1.54) is 11.3 Å². The summed E-state index contributed by atoms with van der Waals surface area (Å²) < 4.78 is 5.28. The van der Waals surface area contributed by atoms with Gasteiger partial charge in [0.25, 0.3) is 5.91 Å². The molecule has 3 heterocycles. The number of piperazine rings is 1. The Labute approximate surface area is 198 Å². The van der Waals surface area contributed by atoms with Crippen LogP contribution in [0.5, 0.6) is 5.75 Å². The fourth-order valence-electron chi connectivity index (χ4n) is 4.74. The molecule has 4 rings (SSSR count). The fraction of sp³-hybridized carbons (Fsp3) is 0.480. The first-order chi connectivity index (χ1) is 16.0. The minimum absolute atomic E-state index is 0.00592. The van der Waals surface area contributed by atoms with Gasteiger partial charge in [0.05, 0.1) is 23.9 Å². The summed E-state index contributed by atoms with van der Waals surface area (Å²) in [5, 5.41) is 1.90. The lowest BCUT2D eigenvalue weighted by atomic mass is 9.91. The SMILES string of the molecule is CCCCN1C(=O)CC(C(=O)N2CCN(C(=O)c3cccs3)CC2)C1c1ccc(OC)cc1. The zero-order valence-electron chi connectivity index (χ0n) is 19.2. The van der Waals surface area contributed by atoms with Crippen molar-refractivity contribution in [2.24, 2.45) is 5.92 Å². The molecule has 7 nitrogen and oxygen atoms in total. The normalized spacial score (nSPS) is 20.9. The van der Waals surface area contributed by atoms with E-state index < -0.39 is 5.92 Å². The van der Waals surface area contributed by atoms with Crippen molar-refractivity contribution in [3.8, 4) is 5.75 Å². The summed E-state index contributed by atoms with van der Waals surface area (Å²) in [5.74, 6) is 0.399. The van der Waals surface area contributed by atoms with E-state index in [1.807, 2.05) is 56.5 Å². The van der Waals surface area contributed by atoms with E-state index >= 15 is 0 Å². The van der Waals surface area contributed by atoms with Gasteiger partial charge in [-0.1, -0.05) is 31.5 Å². The molecule has 1 aromatic heterocycles. The number of hydrogen-bond acceptors (Lipinski definition) is 5. The average molecular weight is 470 g/mol. The molecular formula is C25H31N3O4S. The Hall–Kier alpha value is -2.87. The smallest absolute Gasteiger partial charge is 0.264 e. The second-order valence-corrected chi connectivity index (χ2v) is 9.51. The zero-order valence-corrected chi connectivity index (χ0v) is 20.1. The highest BCUT2D eigenvalue weighted by atomic mass is 32.1. The summed E-state index contributed by atoms with van der Waals surface area (Å²) in [5.41, 5.74) is 0.961. The molecule has 2 aromatic rings. The van der Waals surface area contributed by atoms with Gasteiger partial charge in [-0.05, 0) is 35.6 Å². The Morgan fingerprint density at radius 1 is 1.06 bits per heavy atom. The van der Waals surface area contributed by atoms with Gasteiger partial charge in [-0.15, -0.1) is 11.3 Å². The van der Waals surface area contributed by atoms with Gasteiger partial charge < -0.3 is 19.4 Å². The number of hydrogen-bond donors (Lipinski definition) is 0. The third-order valence-corrected chi connectivity index (χ3v) is 7.43. The van der Waals surface area contributed by atoms with E-state index in [1.54, 1.807) is 7.11 Å². The average Bonchev–Trinajstić information content (AvgIpc) is 3.50. The van der Waals surface area contributed by atoms with Crippen LogP contribution in [0.4, 0.5) is 0 Å². The van der Waals surface area contributed by atoms with Gasteiger partial charge in [-0.25, -0.2) is 0 Å². The summed E-state index contributed by atoms with van der Waals surface area (Å²) >= 11 is 1.44. The summed E-state index contributed by atoms with van der Waals surface area (Å²) in [6.45, 7) is 4.75. The van der Waals surface area contributed by atoms with Crippen molar-refractivity contribution < 1.29 is 19.1 Å². The number of methoxy groups -OCH3 is 1. The maximum Gasteiger partial charge on any atom is 0.264 e. The quantitative estimate of drug-likeness (QED) is 0.623. The van der Waals surface area contributed by atoms with Crippen LogP contribution >= 0.6 is 11.3 Å². The van der Waals surface area contributed by atoms with Gasteiger partial charge in [0, 0.05) is 39.1 Å². The number of likely N-dealkylation sites (tertiary alicyclic amines) is 1. The first-order valence-electron chi connectivity index (χ1n) is 11.6. The maximum absolute atomic E-state index is 13.6. The number of ether oxygens (including phenoxy) is 1. The molecule has 0 aliphatic carbocycles. The highest BCUT2D eigenvalue weighted by Crippen LogP contribution is 2.40. The predicted octanol–water partition coefficient (Wildman–Crippen LogP) is 3.43. The van der Waals surface area contributed by atoms with Crippen molar-refractivity contribution >= 4 is 29.1 Å². The number of nitrogens with zero attached hydrogens (tertiary/aromatic N) is 3. The number of rotatable bonds is 7. The number of carbonyl (C=O) groups excluding carboxylic acids is 3. The van der Waals surface area contributed by atoms with E-state index in [2.05, 4.69) is 6.92 Å². The molecule has 0 bridgehead atoms. The molecule has 1 aromatic carbocycles. The van der Waals surface area contributed by atoms with Gasteiger partial charge in [0.2, 0.25) is 11.8 Å². The van der Waals surface area contributed by atoms with Crippen LogP contribution in [0.25, 0.3) is 0 Å². The molecule has 2 saturated heterocycles. The molecule has 3 amide bonds. The summed E-state index contributed by atoms with van der Waals surface area (Å²) in [6.07, 6.45) is 2.12. The van der Waals surface area contributed by atoms with E-state index in [-0.39, 0.29) is 30.2 Å². The van der Waals surface area contributed by atoms with Crippen molar-refractivity contribution in [1.29, 1.82) is 0 Å².